The third-order valence-electron chi connectivity index (χ3n) is 6.90. The molecule has 3 heterocycles. The van der Waals surface area contributed by atoms with Crippen molar-refractivity contribution >= 4 is 29.0 Å². The van der Waals surface area contributed by atoms with Gasteiger partial charge >= 0.3 is 0 Å². The minimum absolute atomic E-state index is 0.0119. The summed E-state index contributed by atoms with van der Waals surface area (Å²) >= 11 is 0.884. The molecule has 1 aliphatic heterocycles. The van der Waals surface area contributed by atoms with E-state index in [0.717, 1.165) is 43.4 Å². The van der Waals surface area contributed by atoms with Crippen molar-refractivity contribution < 1.29 is 23.5 Å². The third-order valence-corrected chi connectivity index (χ3v) is 7.99. The number of carbonyl (C=O) groups excluding carboxylic acids is 2. The van der Waals surface area contributed by atoms with Gasteiger partial charge in [0.25, 0.3) is 18.2 Å². The van der Waals surface area contributed by atoms with Crippen LogP contribution in [0.5, 0.6) is 0 Å². The van der Waals surface area contributed by atoms with Crippen LogP contribution in [-0.2, 0) is 0 Å². The minimum atomic E-state index is -2.82. The molecule has 2 atom stereocenters. The van der Waals surface area contributed by atoms with E-state index in [4.69, 9.17) is 0 Å². The second-order valence-corrected chi connectivity index (χ2v) is 11.6. The van der Waals surface area contributed by atoms with Crippen LogP contribution in [0.4, 0.5) is 14.6 Å². The molecule has 2 aromatic rings. The number of likely N-dealkylation sites (tertiary alicyclic amines) is 1. The highest BCUT2D eigenvalue weighted by atomic mass is 32.1. The second-order valence-electron chi connectivity index (χ2n) is 10.6. The lowest BCUT2D eigenvalue weighted by Crippen LogP contribution is -2.38. The van der Waals surface area contributed by atoms with Crippen molar-refractivity contribution in [3.8, 4) is 10.4 Å². The van der Waals surface area contributed by atoms with Gasteiger partial charge in [-0.3, -0.25) is 9.59 Å². The molecular formula is C26H35F2N5O3S. The average molecular weight is 536 g/mol. The Kier molecular flexibility index (Phi) is 8.13. The number of aliphatic hydroxyl groups is 1. The van der Waals surface area contributed by atoms with Gasteiger partial charge in [-0.25, -0.2) is 18.7 Å². The number of carbonyl (C=O) groups is 2. The van der Waals surface area contributed by atoms with E-state index in [1.807, 2.05) is 6.92 Å². The Bertz CT molecular complexity index is 1150. The Morgan fingerprint density at radius 2 is 2.03 bits per heavy atom. The van der Waals surface area contributed by atoms with Crippen molar-refractivity contribution in [1.82, 2.24) is 20.2 Å². The van der Waals surface area contributed by atoms with E-state index >= 15 is 0 Å². The predicted molar refractivity (Wildman–Crippen MR) is 139 cm³/mol. The number of hydrogen-bond donors (Lipinski definition) is 3. The molecule has 0 radical (unpaired) electrons. The van der Waals surface area contributed by atoms with Gasteiger partial charge < -0.3 is 20.6 Å². The van der Waals surface area contributed by atoms with E-state index in [2.05, 4.69) is 27.5 Å². The van der Waals surface area contributed by atoms with Gasteiger partial charge in [0.1, 0.15) is 11.5 Å². The van der Waals surface area contributed by atoms with Crippen LogP contribution in [0.15, 0.2) is 12.3 Å². The highest BCUT2D eigenvalue weighted by molar-refractivity contribution is 7.17. The molecule has 37 heavy (non-hydrogen) atoms. The maximum absolute atomic E-state index is 14.3. The summed E-state index contributed by atoms with van der Waals surface area (Å²) in [5.74, 6) is -0.0759. The molecule has 1 saturated heterocycles. The molecule has 2 amide bonds. The van der Waals surface area contributed by atoms with Gasteiger partial charge in [-0.05, 0) is 64.9 Å². The van der Waals surface area contributed by atoms with Gasteiger partial charge in [0, 0.05) is 42.5 Å². The van der Waals surface area contributed by atoms with Crippen LogP contribution in [0.1, 0.15) is 92.1 Å². The molecule has 11 heteroatoms. The molecule has 0 aromatic carbocycles. The first kappa shape index (κ1) is 27.4. The van der Waals surface area contributed by atoms with E-state index in [-0.39, 0.29) is 51.2 Å². The van der Waals surface area contributed by atoms with Gasteiger partial charge in [0.15, 0.2) is 5.01 Å². The Morgan fingerprint density at radius 3 is 2.59 bits per heavy atom. The molecule has 1 unspecified atom stereocenters. The van der Waals surface area contributed by atoms with Crippen molar-refractivity contribution in [2.45, 2.75) is 83.9 Å². The summed E-state index contributed by atoms with van der Waals surface area (Å²) in [6, 6.07) is 1.50. The first-order valence-corrected chi connectivity index (χ1v) is 13.7. The molecule has 2 aromatic heterocycles. The summed E-state index contributed by atoms with van der Waals surface area (Å²) in [4.78, 5) is 36.9. The summed E-state index contributed by atoms with van der Waals surface area (Å²) in [7, 11) is 0. The maximum Gasteiger partial charge on any atom is 0.280 e. The zero-order valence-corrected chi connectivity index (χ0v) is 22.5. The summed E-state index contributed by atoms with van der Waals surface area (Å²) in [6.07, 6.45) is 3.31. The molecule has 3 N–H and O–H groups in total. The second kappa shape index (κ2) is 11.0. The van der Waals surface area contributed by atoms with Gasteiger partial charge in [-0.1, -0.05) is 6.92 Å². The lowest BCUT2D eigenvalue weighted by molar-refractivity contribution is 0.0692. The molecule has 0 bridgehead atoms. The minimum Gasteiger partial charge on any atom is -0.389 e. The number of aromatic nitrogens is 2. The summed E-state index contributed by atoms with van der Waals surface area (Å²) in [5.41, 5.74) is -1.35. The molecule has 2 aliphatic rings. The number of nitrogens with zero attached hydrogens (tertiary/aromatic N) is 3. The van der Waals surface area contributed by atoms with Crippen molar-refractivity contribution in [1.29, 1.82) is 0 Å². The van der Waals surface area contributed by atoms with Gasteiger partial charge in [0.2, 0.25) is 0 Å². The number of hydrogen-bond acceptors (Lipinski definition) is 7. The Balaban J connectivity index is 1.73. The molecule has 8 nitrogen and oxygen atoms in total. The van der Waals surface area contributed by atoms with E-state index in [0.29, 0.717) is 18.3 Å². The Morgan fingerprint density at radius 1 is 1.30 bits per heavy atom. The number of thiazole rings is 1. The fraction of sp³-hybridized carbons (Fsp3) is 0.615. The number of halogens is 2. The molecule has 1 aliphatic carbocycles. The van der Waals surface area contributed by atoms with Gasteiger partial charge in [-0.2, -0.15) is 0 Å². The van der Waals surface area contributed by atoms with Crippen molar-refractivity contribution in [3.63, 3.8) is 0 Å². The fourth-order valence-corrected chi connectivity index (χ4v) is 5.66. The molecule has 1 saturated carbocycles. The van der Waals surface area contributed by atoms with E-state index in [1.165, 1.54) is 12.3 Å². The number of pyridine rings is 1. The maximum atomic E-state index is 14.3. The average Bonchev–Trinajstić information content (AvgIpc) is 3.44. The summed E-state index contributed by atoms with van der Waals surface area (Å²) in [5, 5.41) is 15.8. The normalized spacial score (nSPS) is 18.8. The highest BCUT2D eigenvalue weighted by Gasteiger charge is 2.34. The Labute approximate surface area is 219 Å². The van der Waals surface area contributed by atoms with Crippen LogP contribution >= 0.6 is 11.3 Å². The zero-order valence-electron chi connectivity index (χ0n) is 21.7. The molecular weight excluding hydrogens is 500 g/mol. The van der Waals surface area contributed by atoms with Crippen LogP contribution < -0.4 is 10.6 Å². The lowest BCUT2D eigenvalue weighted by atomic mass is 10.1. The largest absolute Gasteiger partial charge is 0.389 e. The van der Waals surface area contributed by atoms with E-state index < -0.39 is 17.9 Å². The monoisotopic (exact) mass is 535 g/mol. The predicted octanol–water partition coefficient (Wildman–Crippen LogP) is 4.87. The number of alkyl halides is 2. The molecule has 0 spiro atoms. The number of anilines is 1. The standard InChI is InChI=1S/C26H35F2N5O3S/c1-5-18(15-8-9-15)31-19-11-16(22(27)28)17(12-29-19)21-20(25(35)33-10-6-7-14(33)2)32-24(37-21)23(34)30-13-26(3,4)36/h11-12,14-15,18,22,36H,5-10,13H2,1-4H3,(H,29,31)(H,30,34)/t14-,18?/m0/s1. The SMILES string of the molecule is CCC(Nc1cc(C(F)F)c(-c2sc(C(=O)NCC(C)(C)O)nc2C(=O)N2CCC[C@@H]2C)cn1)C1CC1. The highest BCUT2D eigenvalue weighted by Crippen LogP contribution is 2.40. The molecule has 202 valence electrons. The number of amides is 2. The summed E-state index contributed by atoms with van der Waals surface area (Å²) in [6.45, 7) is 7.60. The summed E-state index contributed by atoms with van der Waals surface area (Å²) < 4.78 is 28.6. The van der Waals surface area contributed by atoms with Crippen LogP contribution in [0.25, 0.3) is 10.4 Å². The van der Waals surface area contributed by atoms with Crippen molar-refractivity contribution in [3.05, 3.63) is 28.5 Å². The first-order valence-electron chi connectivity index (χ1n) is 12.9. The molecule has 4 rings (SSSR count). The van der Waals surface area contributed by atoms with Crippen LogP contribution in [0.2, 0.25) is 0 Å². The molecule has 2 fully saturated rings. The van der Waals surface area contributed by atoms with E-state index in [9.17, 15) is 23.5 Å². The van der Waals surface area contributed by atoms with Crippen LogP contribution in [0.3, 0.4) is 0 Å². The van der Waals surface area contributed by atoms with Crippen LogP contribution in [0, 0.1) is 5.92 Å². The quantitative estimate of drug-likeness (QED) is 0.401. The first-order chi connectivity index (χ1) is 17.5. The fourth-order valence-electron chi connectivity index (χ4n) is 4.65. The lowest BCUT2D eigenvalue weighted by Gasteiger charge is -2.21. The zero-order chi connectivity index (χ0) is 26.9. The van der Waals surface area contributed by atoms with Crippen molar-refractivity contribution in [2.75, 3.05) is 18.4 Å². The van der Waals surface area contributed by atoms with Gasteiger partial charge in [0.05, 0.1) is 10.5 Å². The number of nitrogens with one attached hydrogen (secondary N) is 2. The third kappa shape index (κ3) is 6.43. The van der Waals surface area contributed by atoms with Gasteiger partial charge in [-0.15, -0.1) is 11.3 Å². The number of rotatable bonds is 10. The van der Waals surface area contributed by atoms with Crippen molar-refractivity contribution in [2.24, 2.45) is 5.92 Å². The van der Waals surface area contributed by atoms with Crippen LogP contribution in [-0.4, -0.2) is 62.6 Å². The topological polar surface area (TPSA) is 107 Å². The smallest absolute Gasteiger partial charge is 0.280 e. The Hall–Kier alpha value is -2.66. The van der Waals surface area contributed by atoms with E-state index in [1.54, 1.807) is 18.7 Å².